The number of allylic oxidation sites excluding steroid dienone is 2. The molecule has 5 rings (SSSR count). The van der Waals surface area contributed by atoms with Crippen LogP contribution in [0.4, 0.5) is 0 Å². The highest BCUT2D eigenvalue weighted by molar-refractivity contribution is 6.06. The molecule has 7 nitrogen and oxygen atoms in total. The van der Waals surface area contributed by atoms with Gasteiger partial charge in [0, 0.05) is 52.1 Å². The zero-order chi connectivity index (χ0) is 24.0. The number of hydrogen-bond acceptors (Lipinski definition) is 5. The highest BCUT2D eigenvalue weighted by atomic mass is 16.5. The second-order valence-corrected chi connectivity index (χ2v) is 8.66. The van der Waals surface area contributed by atoms with Gasteiger partial charge in [0.1, 0.15) is 5.75 Å². The van der Waals surface area contributed by atoms with Gasteiger partial charge in [0.15, 0.2) is 11.5 Å². The van der Waals surface area contributed by atoms with Crippen LogP contribution in [0.2, 0.25) is 0 Å². The lowest BCUT2D eigenvalue weighted by molar-refractivity contribution is 0.0524. The topological polar surface area (TPSA) is 74.7 Å². The van der Waals surface area contributed by atoms with E-state index >= 15 is 0 Å². The summed E-state index contributed by atoms with van der Waals surface area (Å²) in [6.07, 6.45) is 7.12. The Balaban J connectivity index is 1.77. The van der Waals surface area contributed by atoms with Crippen LogP contribution < -0.4 is 4.74 Å². The number of rotatable bonds is 6. The summed E-state index contributed by atoms with van der Waals surface area (Å²) in [5, 5.41) is 1.01. The molecular weight excluding hydrogens is 432 g/mol. The van der Waals surface area contributed by atoms with Gasteiger partial charge in [-0.05, 0) is 56.5 Å². The summed E-state index contributed by atoms with van der Waals surface area (Å²) in [6, 6.07) is 5.93. The van der Waals surface area contributed by atoms with Crippen LogP contribution >= 0.6 is 0 Å². The first-order valence-electron chi connectivity index (χ1n) is 11.6. The summed E-state index contributed by atoms with van der Waals surface area (Å²) in [5.74, 6) is 2.08. The second kappa shape index (κ2) is 8.63. The molecule has 0 fully saturated rings. The van der Waals surface area contributed by atoms with Crippen molar-refractivity contribution in [2.24, 2.45) is 5.92 Å². The van der Waals surface area contributed by atoms with Gasteiger partial charge in [0.2, 0.25) is 0 Å². The number of benzene rings is 1. The first kappa shape index (κ1) is 22.2. The van der Waals surface area contributed by atoms with Gasteiger partial charge in [-0.25, -0.2) is 4.79 Å². The Labute approximate surface area is 198 Å². The van der Waals surface area contributed by atoms with E-state index in [2.05, 4.69) is 28.6 Å². The molecular formula is C27H30N2O5. The van der Waals surface area contributed by atoms with Gasteiger partial charge < -0.3 is 28.5 Å². The summed E-state index contributed by atoms with van der Waals surface area (Å²) >= 11 is 0. The Bertz CT molecular complexity index is 1330. The minimum absolute atomic E-state index is 0.0193. The average Bonchev–Trinajstić information content (AvgIpc) is 3.40. The highest BCUT2D eigenvalue weighted by Crippen LogP contribution is 2.48. The normalized spacial score (nSPS) is 19.1. The van der Waals surface area contributed by atoms with Crippen molar-refractivity contribution in [3.8, 4) is 16.9 Å². The van der Waals surface area contributed by atoms with Crippen LogP contribution in [0.25, 0.3) is 22.0 Å². The number of methoxy groups -OCH3 is 3. The number of hydrogen-bond donors (Lipinski definition) is 1. The van der Waals surface area contributed by atoms with Crippen molar-refractivity contribution in [1.29, 1.82) is 0 Å². The van der Waals surface area contributed by atoms with Crippen LogP contribution in [-0.2, 0) is 20.8 Å². The predicted octanol–water partition coefficient (Wildman–Crippen LogP) is 5.31. The number of esters is 1. The van der Waals surface area contributed by atoms with Crippen LogP contribution in [0.5, 0.6) is 5.75 Å². The maximum Gasteiger partial charge on any atom is 0.340 e. The van der Waals surface area contributed by atoms with Crippen molar-refractivity contribution in [3.05, 3.63) is 65.0 Å². The molecule has 3 aromatic rings. The van der Waals surface area contributed by atoms with E-state index in [-0.39, 0.29) is 17.8 Å². The lowest BCUT2D eigenvalue weighted by Gasteiger charge is -2.34. The van der Waals surface area contributed by atoms with Gasteiger partial charge in [-0.3, -0.25) is 0 Å². The lowest BCUT2D eigenvalue weighted by Crippen LogP contribution is -2.27. The number of carbonyl (C=O) groups excluding carboxylic acids is 1. The number of aromatic amines is 1. The maximum atomic E-state index is 13.5. The minimum Gasteiger partial charge on any atom is -0.497 e. The Kier molecular flexibility index (Phi) is 5.63. The van der Waals surface area contributed by atoms with Crippen molar-refractivity contribution in [1.82, 2.24) is 9.55 Å². The third kappa shape index (κ3) is 3.30. The zero-order valence-electron chi connectivity index (χ0n) is 20.2. The third-order valence-electron chi connectivity index (χ3n) is 7.04. The predicted molar refractivity (Wildman–Crippen MR) is 130 cm³/mol. The number of nitrogens with zero attached hydrogens (tertiary/aromatic N) is 1. The molecule has 0 saturated carbocycles. The molecule has 1 aliphatic carbocycles. The number of ether oxygens (including phenoxy) is 4. The summed E-state index contributed by atoms with van der Waals surface area (Å²) < 4.78 is 24.5. The molecule has 34 heavy (non-hydrogen) atoms. The second-order valence-electron chi connectivity index (χ2n) is 8.66. The molecule has 2 unspecified atom stereocenters. The molecule has 2 aromatic heterocycles. The smallest absolute Gasteiger partial charge is 0.340 e. The molecule has 0 spiro atoms. The number of nitrogens with one attached hydrogen (secondary N) is 1. The molecule has 3 heterocycles. The molecule has 0 amide bonds. The van der Waals surface area contributed by atoms with E-state index in [4.69, 9.17) is 18.9 Å². The molecule has 1 aliphatic heterocycles. The van der Waals surface area contributed by atoms with Crippen molar-refractivity contribution < 1.29 is 23.7 Å². The maximum absolute atomic E-state index is 13.5. The van der Waals surface area contributed by atoms with E-state index in [9.17, 15) is 4.79 Å². The molecule has 178 valence electrons. The van der Waals surface area contributed by atoms with Crippen molar-refractivity contribution in [2.45, 2.75) is 32.7 Å². The van der Waals surface area contributed by atoms with E-state index in [1.165, 1.54) is 0 Å². The number of fused-ring (bicyclic) bond motifs is 4. The standard InChI is InChI=1S/C27H30N2O5/c1-6-34-27(30)25-24(20-14-28-21-8-7-17(31-3)12-19(20)21)15(2)29-10-9-16-11-22(32-4)23(33-5)13-18(16)26(25)29/h7-8,11-14,16,18,28H,6,9-10H2,1-5H3. The minimum atomic E-state index is -0.305. The van der Waals surface area contributed by atoms with Gasteiger partial charge in [-0.1, -0.05) is 0 Å². The summed E-state index contributed by atoms with van der Waals surface area (Å²) in [4.78, 5) is 16.8. The Hall–Kier alpha value is -3.61. The Morgan fingerprint density at radius 1 is 1.12 bits per heavy atom. The van der Waals surface area contributed by atoms with Gasteiger partial charge in [0.25, 0.3) is 0 Å². The molecule has 0 radical (unpaired) electrons. The van der Waals surface area contributed by atoms with E-state index in [1.807, 2.05) is 31.3 Å². The SMILES string of the molecule is CCOC(=O)c1c(-c2c[nH]c3ccc(OC)cc23)c(C)n2c1C1C=C(OC)C(OC)=CC1CC2. The highest BCUT2D eigenvalue weighted by Gasteiger charge is 2.39. The van der Waals surface area contributed by atoms with Crippen LogP contribution in [0.1, 0.15) is 41.0 Å². The monoisotopic (exact) mass is 462 g/mol. The van der Waals surface area contributed by atoms with Gasteiger partial charge in [-0.15, -0.1) is 0 Å². The van der Waals surface area contributed by atoms with Crippen molar-refractivity contribution in [2.75, 3.05) is 27.9 Å². The average molecular weight is 463 g/mol. The number of carbonyl (C=O) groups is 1. The van der Waals surface area contributed by atoms with Crippen LogP contribution in [-0.4, -0.2) is 43.5 Å². The largest absolute Gasteiger partial charge is 0.497 e. The van der Waals surface area contributed by atoms with Crippen LogP contribution in [0.3, 0.4) is 0 Å². The molecule has 2 atom stereocenters. The molecule has 1 N–H and O–H groups in total. The van der Waals surface area contributed by atoms with Crippen molar-refractivity contribution in [3.63, 3.8) is 0 Å². The summed E-state index contributed by atoms with van der Waals surface area (Å²) in [5.41, 5.74) is 5.50. The Morgan fingerprint density at radius 2 is 1.88 bits per heavy atom. The van der Waals surface area contributed by atoms with E-state index in [0.717, 1.165) is 57.9 Å². The zero-order valence-corrected chi connectivity index (χ0v) is 20.2. The molecule has 2 aliphatic rings. The number of H-pyrrole nitrogens is 1. The lowest BCUT2D eigenvalue weighted by atomic mass is 9.79. The molecule has 7 heteroatoms. The Morgan fingerprint density at radius 3 is 2.59 bits per heavy atom. The summed E-state index contributed by atoms with van der Waals surface area (Å²) in [7, 11) is 4.95. The first-order chi connectivity index (χ1) is 16.5. The quantitative estimate of drug-likeness (QED) is 0.503. The fourth-order valence-corrected chi connectivity index (χ4v) is 5.48. The van der Waals surface area contributed by atoms with Crippen LogP contribution in [0.15, 0.2) is 48.1 Å². The van der Waals surface area contributed by atoms with E-state index in [1.54, 1.807) is 21.3 Å². The van der Waals surface area contributed by atoms with Gasteiger partial charge in [-0.2, -0.15) is 0 Å². The fourth-order valence-electron chi connectivity index (χ4n) is 5.48. The van der Waals surface area contributed by atoms with Gasteiger partial charge >= 0.3 is 5.97 Å². The fraction of sp³-hybridized carbons (Fsp3) is 0.370. The third-order valence-corrected chi connectivity index (χ3v) is 7.04. The first-order valence-corrected chi connectivity index (χ1v) is 11.6. The molecule has 0 bridgehead atoms. The van der Waals surface area contributed by atoms with Crippen LogP contribution in [0, 0.1) is 12.8 Å². The van der Waals surface area contributed by atoms with E-state index < -0.39 is 0 Å². The summed E-state index contributed by atoms with van der Waals surface area (Å²) in [6.45, 7) is 5.04. The van der Waals surface area contributed by atoms with E-state index in [0.29, 0.717) is 17.9 Å². The molecule has 0 saturated heterocycles. The van der Waals surface area contributed by atoms with Crippen molar-refractivity contribution >= 4 is 16.9 Å². The van der Waals surface area contributed by atoms with Gasteiger partial charge in [0.05, 0.1) is 33.5 Å². The molecule has 1 aromatic carbocycles. The number of aromatic nitrogens is 2.